The molecule has 0 radical (unpaired) electrons. The van der Waals surface area contributed by atoms with Gasteiger partial charge in [-0.2, -0.15) is 5.10 Å². The predicted octanol–water partition coefficient (Wildman–Crippen LogP) is 4.13. The molecular weight excluding hydrogens is 392 g/mol. The van der Waals surface area contributed by atoms with Crippen molar-refractivity contribution < 1.29 is 23.0 Å². The molecule has 1 aromatic heterocycles. The Kier molecular flexibility index (Phi) is 5.56. The molecule has 0 fully saturated rings. The summed E-state index contributed by atoms with van der Waals surface area (Å²) >= 11 is 0. The van der Waals surface area contributed by atoms with Crippen LogP contribution in [-0.2, 0) is 4.79 Å². The molecule has 0 N–H and O–H groups in total. The Balaban J connectivity index is 1.51. The normalized spacial score (nSPS) is 14.0. The fourth-order valence-corrected chi connectivity index (χ4v) is 3.12. The number of carbonyl (C=O) groups excluding carboxylic acids is 1. The van der Waals surface area contributed by atoms with Gasteiger partial charge in [-0.25, -0.2) is 8.78 Å². The van der Waals surface area contributed by atoms with Gasteiger partial charge >= 0.3 is 0 Å². The lowest BCUT2D eigenvalue weighted by atomic mass is 10.1. The van der Waals surface area contributed by atoms with Gasteiger partial charge in [0, 0.05) is 24.4 Å². The molecule has 0 saturated carbocycles. The van der Waals surface area contributed by atoms with Gasteiger partial charge in [0.2, 0.25) is 0 Å². The van der Waals surface area contributed by atoms with Gasteiger partial charge < -0.3 is 9.47 Å². The third kappa shape index (κ3) is 4.22. The topological polar surface area (TPSA) is 64.0 Å². The minimum Gasteiger partial charge on any atom is -0.492 e. The van der Waals surface area contributed by atoms with Gasteiger partial charge in [-0.15, -0.1) is 0 Å². The van der Waals surface area contributed by atoms with Crippen LogP contribution in [0.5, 0.6) is 11.5 Å². The standard InChI is InChI=1S/C22H19F2N3O3/c1-2-29-17-10-14-9-16(4-6-20(14)25-12-17)30-13-21-22(28)7-8-27(26-21)15-3-5-18(23)19(24)11-15/h3-6,9-12H,2,7-8,13H2,1H3. The van der Waals surface area contributed by atoms with Crippen LogP contribution in [0.15, 0.2) is 53.8 Å². The number of Topliss-reactive ketones (excluding diaryl/α,β-unsaturated/α-hetero) is 1. The number of carbonyl (C=O) groups is 1. The van der Waals surface area contributed by atoms with Crippen LogP contribution in [0.3, 0.4) is 0 Å². The van der Waals surface area contributed by atoms with E-state index in [2.05, 4.69) is 10.1 Å². The van der Waals surface area contributed by atoms with Gasteiger partial charge in [0.1, 0.15) is 23.8 Å². The van der Waals surface area contributed by atoms with Crippen LogP contribution in [0.4, 0.5) is 14.5 Å². The smallest absolute Gasteiger partial charge is 0.184 e. The first kappa shape index (κ1) is 19.8. The average Bonchev–Trinajstić information content (AvgIpc) is 2.75. The van der Waals surface area contributed by atoms with Crippen molar-refractivity contribution >= 4 is 28.1 Å². The number of hydrogen-bond donors (Lipinski definition) is 0. The Hall–Kier alpha value is -3.55. The van der Waals surface area contributed by atoms with Crippen molar-refractivity contribution in [1.82, 2.24) is 4.98 Å². The largest absolute Gasteiger partial charge is 0.492 e. The molecule has 4 rings (SSSR count). The zero-order valence-corrected chi connectivity index (χ0v) is 16.3. The van der Waals surface area contributed by atoms with E-state index in [0.717, 1.165) is 23.0 Å². The summed E-state index contributed by atoms with van der Waals surface area (Å²) in [5, 5.41) is 6.59. The number of hydrazone groups is 1. The van der Waals surface area contributed by atoms with Gasteiger partial charge in [0.25, 0.3) is 0 Å². The van der Waals surface area contributed by atoms with Gasteiger partial charge in [-0.05, 0) is 43.3 Å². The molecule has 0 saturated heterocycles. The van der Waals surface area contributed by atoms with E-state index in [1.165, 1.54) is 11.1 Å². The molecule has 154 valence electrons. The van der Waals surface area contributed by atoms with Crippen molar-refractivity contribution in [2.75, 3.05) is 24.8 Å². The van der Waals surface area contributed by atoms with Gasteiger partial charge in [-0.1, -0.05) is 0 Å². The highest BCUT2D eigenvalue weighted by Crippen LogP contribution is 2.24. The Bertz CT molecular complexity index is 1130. The highest BCUT2D eigenvalue weighted by Gasteiger charge is 2.22. The van der Waals surface area contributed by atoms with Crippen LogP contribution in [0.1, 0.15) is 13.3 Å². The predicted molar refractivity (Wildman–Crippen MR) is 109 cm³/mol. The number of aromatic nitrogens is 1. The van der Waals surface area contributed by atoms with Crippen LogP contribution in [-0.4, -0.2) is 36.2 Å². The highest BCUT2D eigenvalue weighted by atomic mass is 19.2. The van der Waals surface area contributed by atoms with E-state index in [0.29, 0.717) is 23.8 Å². The zero-order valence-electron chi connectivity index (χ0n) is 16.3. The summed E-state index contributed by atoms with van der Waals surface area (Å²) < 4.78 is 37.9. The quantitative estimate of drug-likeness (QED) is 0.610. The summed E-state index contributed by atoms with van der Waals surface area (Å²) in [7, 11) is 0. The van der Waals surface area contributed by atoms with E-state index in [4.69, 9.17) is 9.47 Å². The maximum absolute atomic E-state index is 13.5. The zero-order chi connectivity index (χ0) is 21.1. The van der Waals surface area contributed by atoms with E-state index in [1.807, 2.05) is 25.1 Å². The van der Waals surface area contributed by atoms with E-state index >= 15 is 0 Å². The fraction of sp³-hybridized carbons (Fsp3) is 0.227. The van der Waals surface area contributed by atoms with Crippen molar-refractivity contribution in [3.63, 3.8) is 0 Å². The molecular formula is C22H19F2N3O3. The molecule has 0 bridgehead atoms. The molecule has 1 aliphatic heterocycles. The van der Waals surface area contributed by atoms with E-state index < -0.39 is 11.6 Å². The number of fused-ring (bicyclic) bond motifs is 1. The third-order valence-electron chi connectivity index (χ3n) is 4.63. The lowest BCUT2D eigenvalue weighted by molar-refractivity contribution is -0.113. The average molecular weight is 411 g/mol. The Labute approximate surface area is 171 Å². The summed E-state index contributed by atoms with van der Waals surface area (Å²) in [6, 6.07) is 10.8. The second-order valence-electron chi connectivity index (χ2n) is 6.69. The van der Waals surface area contributed by atoms with Crippen molar-refractivity contribution in [2.45, 2.75) is 13.3 Å². The second-order valence-corrected chi connectivity index (χ2v) is 6.69. The Morgan fingerprint density at radius 2 is 1.87 bits per heavy atom. The van der Waals surface area contributed by atoms with Gasteiger partial charge in [-0.3, -0.25) is 14.8 Å². The Morgan fingerprint density at radius 1 is 1.03 bits per heavy atom. The minimum atomic E-state index is -0.964. The molecule has 0 amide bonds. The highest BCUT2D eigenvalue weighted by molar-refractivity contribution is 6.41. The molecule has 30 heavy (non-hydrogen) atoms. The summed E-state index contributed by atoms with van der Waals surface area (Å²) in [6.45, 7) is 2.69. The maximum Gasteiger partial charge on any atom is 0.184 e. The van der Waals surface area contributed by atoms with Crippen molar-refractivity contribution in [3.8, 4) is 11.5 Å². The Morgan fingerprint density at radius 3 is 2.67 bits per heavy atom. The van der Waals surface area contributed by atoms with Crippen molar-refractivity contribution in [1.29, 1.82) is 0 Å². The van der Waals surface area contributed by atoms with Gasteiger partial charge in [0.05, 0.1) is 24.0 Å². The number of ketones is 1. The minimum absolute atomic E-state index is 0.0386. The lowest BCUT2D eigenvalue weighted by Crippen LogP contribution is -2.35. The monoisotopic (exact) mass is 411 g/mol. The number of benzene rings is 2. The SMILES string of the molecule is CCOc1cnc2ccc(OCC3=NN(c4ccc(F)c(F)c4)CCC3=O)cc2c1. The van der Waals surface area contributed by atoms with Crippen LogP contribution < -0.4 is 14.5 Å². The third-order valence-corrected chi connectivity index (χ3v) is 4.63. The lowest BCUT2D eigenvalue weighted by Gasteiger charge is -2.24. The molecule has 6 nitrogen and oxygen atoms in total. The molecule has 0 unspecified atom stereocenters. The van der Waals surface area contributed by atoms with Crippen molar-refractivity contribution in [2.24, 2.45) is 5.10 Å². The van der Waals surface area contributed by atoms with Gasteiger partial charge in [0.15, 0.2) is 17.4 Å². The molecule has 0 aliphatic carbocycles. The van der Waals surface area contributed by atoms with E-state index in [-0.39, 0.29) is 31.1 Å². The van der Waals surface area contributed by atoms with Crippen LogP contribution in [0.2, 0.25) is 0 Å². The number of nitrogens with zero attached hydrogens (tertiary/aromatic N) is 3. The summed E-state index contributed by atoms with van der Waals surface area (Å²) in [6.07, 6.45) is 1.87. The summed E-state index contributed by atoms with van der Waals surface area (Å²) in [5.41, 5.74) is 1.38. The van der Waals surface area contributed by atoms with E-state index in [9.17, 15) is 13.6 Å². The maximum atomic E-state index is 13.5. The molecule has 3 aromatic rings. The molecule has 2 aromatic carbocycles. The number of anilines is 1. The second kappa shape index (κ2) is 8.44. The van der Waals surface area contributed by atoms with Crippen LogP contribution in [0.25, 0.3) is 10.9 Å². The van der Waals surface area contributed by atoms with E-state index in [1.54, 1.807) is 12.3 Å². The number of rotatable bonds is 6. The van der Waals surface area contributed by atoms with Crippen molar-refractivity contribution in [3.05, 3.63) is 60.3 Å². The molecule has 2 heterocycles. The number of ether oxygens (including phenoxy) is 2. The first-order valence-corrected chi connectivity index (χ1v) is 9.52. The first-order chi connectivity index (χ1) is 14.5. The summed E-state index contributed by atoms with van der Waals surface area (Å²) in [4.78, 5) is 16.6. The number of hydrogen-bond acceptors (Lipinski definition) is 6. The first-order valence-electron chi connectivity index (χ1n) is 9.52. The molecule has 0 atom stereocenters. The molecule has 0 spiro atoms. The number of halogens is 2. The van der Waals surface area contributed by atoms with Crippen LogP contribution >= 0.6 is 0 Å². The molecule has 8 heteroatoms. The number of pyridine rings is 1. The van der Waals surface area contributed by atoms with Crippen LogP contribution in [0, 0.1) is 11.6 Å². The fourth-order valence-electron chi connectivity index (χ4n) is 3.12. The molecule has 1 aliphatic rings. The summed E-state index contributed by atoms with van der Waals surface area (Å²) in [5.74, 6) is -0.823.